The zero-order valence-electron chi connectivity index (χ0n) is 21.9. The number of alkyl halides is 7. The van der Waals surface area contributed by atoms with E-state index in [0.29, 0.717) is 4.90 Å². The third kappa shape index (κ3) is 7.62. The van der Waals surface area contributed by atoms with Gasteiger partial charge < -0.3 is 30.5 Å². The molecule has 10 nitrogen and oxygen atoms in total. The molecule has 1 atom stereocenters. The van der Waals surface area contributed by atoms with Crippen LogP contribution in [0.1, 0.15) is 27.6 Å². The van der Waals surface area contributed by atoms with Crippen molar-refractivity contribution in [2.24, 2.45) is 0 Å². The Labute approximate surface area is 237 Å². The van der Waals surface area contributed by atoms with E-state index in [0.717, 1.165) is 48.1 Å². The Hall–Kier alpha value is -4.61. The Morgan fingerprint density at radius 3 is 2.09 bits per heavy atom. The Kier molecular flexibility index (Phi) is 10.1. The maximum absolute atomic E-state index is 14.1. The third-order valence-corrected chi connectivity index (χ3v) is 5.95. The number of nitrogens with one attached hydrogen (secondary N) is 1. The normalized spacial score (nSPS) is 13.1. The van der Waals surface area contributed by atoms with Crippen LogP contribution in [0.5, 0.6) is 11.5 Å². The molecule has 0 aliphatic heterocycles. The summed E-state index contributed by atoms with van der Waals surface area (Å²) in [6, 6.07) is 7.15. The smallest absolute Gasteiger partial charge is 0.420 e. The highest BCUT2D eigenvalue weighted by Crippen LogP contribution is 2.35. The predicted octanol–water partition coefficient (Wildman–Crippen LogP) is 3.98. The number of halogens is 8. The fraction of sp³-hybridized carbons (Fsp3) is 0.320. The summed E-state index contributed by atoms with van der Waals surface area (Å²) < 4.78 is 117. The zero-order valence-corrected chi connectivity index (χ0v) is 21.9. The second-order valence-electron chi connectivity index (χ2n) is 8.75. The second-order valence-corrected chi connectivity index (χ2v) is 8.75. The van der Waals surface area contributed by atoms with Gasteiger partial charge in [-0.3, -0.25) is 9.59 Å². The van der Waals surface area contributed by atoms with E-state index in [-0.39, 0.29) is 11.5 Å². The molecule has 2 amide bonds. The fourth-order valence-electron chi connectivity index (χ4n) is 3.80. The molecule has 0 aliphatic rings. The number of likely N-dealkylation sites (N-methyl/N-ethyl adjacent to an activating group) is 1. The van der Waals surface area contributed by atoms with Crippen molar-refractivity contribution in [2.75, 3.05) is 25.4 Å². The number of nitrogens with two attached hydrogens (primary N) is 1. The SMILES string of the molecule is CCN(CC(O)(CNC(=O)c1cnn(-c2ccc(F)cc2)c1N)C(F)(F)F)C(=O)c1c(OC(F)F)cccc1OC(F)F. The van der Waals surface area contributed by atoms with E-state index in [9.17, 15) is 49.8 Å². The molecule has 0 bridgehead atoms. The number of nitrogens with zero attached hydrogens (tertiary/aromatic N) is 3. The van der Waals surface area contributed by atoms with Crippen LogP contribution < -0.4 is 20.5 Å². The summed E-state index contributed by atoms with van der Waals surface area (Å²) in [6.45, 7) is -9.68. The minimum Gasteiger partial charge on any atom is -0.434 e. The molecular formula is C25H23F8N5O5. The van der Waals surface area contributed by atoms with Gasteiger partial charge in [-0.2, -0.15) is 35.8 Å². The van der Waals surface area contributed by atoms with Crippen molar-refractivity contribution in [1.29, 1.82) is 0 Å². The summed E-state index contributed by atoms with van der Waals surface area (Å²) in [5.41, 5.74) is 0.779. The molecule has 4 N–H and O–H groups in total. The molecule has 234 valence electrons. The van der Waals surface area contributed by atoms with Crippen molar-refractivity contribution in [3.8, 4) is 17.2 Å². The van der Waals surface area contributed by atoms with Crippen molar-refractivity contribution in [2.45, 2.75) is 31.9 Å². The number of ether oxygens (including phenoxy) is 2. The number of aromatic nitrogens is 2. The standard InChI is InChI=1S/C25H23F8N5O5/c1-2-37(21(40)18-16(42-22(27)28)4-3-5-17(18)43-23(29)30)12-24(41,25(31,32)33)11-35-20(39)15-10-36-38(19(15)34)14-8-6-13(26)7-9-14/h3-10,22-23,41H,2,11-12,34H2,1H3,(H,35,39). The van der Waals surface area contributed by atoms with Crippen LogP contribution in [0.2, 0.25) is 0 Å². The van der Waals surface area contributed by atoms with Crippen LogP contribution in [-0.2, 0) is 0 Å². The van der Waals surface area contributed by atoms with Crippen molar-refractivity contribution in [3.05, 3.63) is 65.6 Å². The van der Waals surface area contributed by atoms with Crippen LogP contribution in [-0.4, -0.2) is 76.2 Å². The maximum Gasteiger partial charge on any atom is 0.420 e. The van der Waals surface area contributed by atoms with Crippen molar-refractivity contribution >= 4 is 17.6 Å². The predicted molar refractivity (Wildman–Crippen MR) is 133 cm³/mol. The largest absolute Gasteiger partial charge is 0.434 e. The number of hydrogen-bond donors (Lipinski definition) is 3. The average Bonchev–Trinajstić information content (AvgIpc) is 3.30. The molecule has 0 saturated heterocycles. The Morgan fingerprint density at radius 2 is 1.60 bits per heavy atom. The molecule has 3 aromatic rings. The topological polar surface area (TPSA) is 132 Å². The first kappa shape index (κ1) is 32.9. The summed E-state index contributed by atoms with van der Waals surface area (Å²) in [5, 5.41) is 16.3. The quantitative estimate of drug-likeness (QED) is 0.260. The monoisotopic (exact) mass is 625 g/mol. The van der Waals surface area contributed by atoms with Gasteiger partial charge in [-0.1, -0.05) is 6.07 Å². The van der Waals surface area contributed by atoms with Crippen LogP contribution in [0.15, 0.2) is 48.7 Å². The molecule has 0 radical (unpaired) electrons. The lowest BCUT2D eigenvalue weighted by Crippen LogP contribution is -2.60. The zero-order chi connectivity index (χ0) is 32.1. The third-order valence-electron chi connectivity index (χ3n) is 5.95. The van der Waals surface area contributed by atoms with Crippen LogP contribution in [0.25, 0.3) is 5.69 Å². The van der Waals surface area contributed by atoms with Gasteiger partial charge >= 0.3 is 19.4 Å². The van der Waals surface area contributed by atoms with E-state index >= 15 is 0 Å². The summed E-state index contributed by atoms with van der Waals surface area (Å²) >= 11 is 0. The van der Waals surface area contributed by atoms with Gasteiger partial charge in [0, 0.05) is 6.54 Å². The number of nitrogen functional groups attached to an aromatic ring is 1. The molecule has 1 aromatic heterocycles. The first-order valence-electron chi connectivity index (χ1n) is 12.1. The summed E-state index contributed by atoms with van der Waals surface area (Å²) in [5.74, 6) is -5.63. The molecule has 1 heterocycles. The maximum atomic E-state index is 14.1. The molecule has 2 aromatic carbocycles. The molecule has 1 unspecified atom stereocenters. The highest BCUT2D eigenvalue weighted by molar-refractivity contribution is 6.00. The molecule has 43 heavy (non-hydrogen) atoms. The van der Waals surface area contributed by atoms with Crippen molar-refractivity contribution in [3.63, 3.8) is 0 Å². The van der Waals surface area contributed by atoms with E-state index in [2.05, 4.69) is 14.6 Å². The number of aliphatic hydroxyl groups is 1. The van der Waals surface area contributed by atoms with E-state index in [1.165, 1.54) is 12.1 Å². The number of hydrogen-bond acceptors (Lipinski definition) is 7. The average molecular weight is 625 g/mol. The summed E-state index contributed by atoms with van der Waals surface area (Å²) in [6.07, 6.45) is -4.59. The highest BCUT2D eigenvalue weighted by atomic mass is 19.4. The lowest BCUT2D eigenvalue weighted by molar-refractivity contribution is -0.259. The molecule has 0 spiro atoms. The molecule has 18 heteroatoms. The number of benzene rings is 2. The number of carbonyl (C=O) groups is 2. The second kappa shape index (κ2) is 13.1. The lowest BCUT2D eigenvalue weighted by Gasteiger charge is -2.35. The number of rotatable bonds is 12. The van der Waals surface area contributed by atoms with Gasteiger partial charge in [0.15, 0.2) is 5.60 Å². The van der Waals surface area contributed by atoms with Crippen LogP contribution in [0, 0.1) is 5.82 Å². The van der Waals surface area contributed by atoms with Gasteiger partial charge in [0.25, 0.3) is 11.8 Å². The molecule has 0 fully saturated rings. The fourth-order valence-corrected chi connectivity index (χ4v) is 3.80. The van der Waals surface area contributed by atoms with E-state index in [4.69, 9.17) is 5.73 Å². The van der Waals surface area contributed by atoms with Gasteiger partial charge in [-0.15, -0.1) is 0 Å². The Bertz CT molecular complexity index is 1410. The number of carbonyl (C=O) groups excluding carboxylic acids is 2. The molecule has 0 aliphatic carbocycles. The van der Waals surface area contributed by atoms with E-state index in [1.54, 1.807) is 0 Å². The van der Waals surface area contributed by atoms with Gasteiger partial charge in [0.1, 0.15) is 34.3 Å². The first-order chi connectivity index (χ1) is 20.1. The summed E-state index contributed by atoms with van der Waals surface area (Å²) in [7, 11) is 0. The Morgan fingerprint density at radius 1 is 1.05 bits per heavy atom. The van der Waals surface area contributed by atoms with Gasteiger partial charge in [0.05, 0.1) is 25.0 Å². The number of anilines is 1. The van der Waals surface area contributed by atoms with Crippen molar-refractivity contribution < 1.29 is 59.3 Å². The molecule has 0 saturated carbocycles. The minimum atomic E-state index is -5.50. The van der Waals surface area contributed by atoms with Crippen molar-refractivity contribution in [1.82, 2.24) is 20.0 Å². The Balaban J connectivity index is 1.88. The van der Waals surface area contributed by atoms with Crippen LogP contribution in [0.4, 0.5) is 40.9 Å². The molecular weight excluding hydrogens is 602 g/mol. The van der Waals surface area contributed by atoms with E-state index in [1.807, 2.05) is 5.32 Å². The first-order valence-corrected chi connectivity index (χ1v) is 12.1. The summed E-state index contributed by atoms with van der Waals surface area (Å²) in [4.78, 5) is 26.2. The van der Waals surface area contributed by atoms with E-state index < -0.39 is 84.9 Å². The van der Waals surface area contributed by atoms with Gasteiger partial charge in [0.2, 0.25) is 0 Å². The van der Waals surface area contributed by atoms with Gasteiger partial charge in [-0.05, 0) is 43.3 Å². The minimum absolute atomic E-state index is 0.216. The number of amides is 2. The lowest BCUT2D eigenvalue weighted by atomic mass is 10.0. The molecule has 3 rings (SSSR count). The van der Waals surface area contributed by atoms with Gasteiger partial charge in [-0.25, -0.2) is 9.07 Å². The van der Waals surface area contributed by atoms with Crippen LogP contribution in [0.3, 0.4) is 0 Å². The van der Waals surface area contributed by atoms with Crippen LogP contribution >= 0.6 is 0 Å². The highest BCUT2D eigenvalue weighted by Gasteiger charge is 2.55.